The SMILES string of the molecule is NC1CCCc2cn(Cc3nnc4n3CCCC4)cc21. The van der Waals surface area contributed by atoms with Gasteiger partial charge in [-0.05, 0) is 43.2 Å². The van der Waals surface area contributed by atoms with Gasteiger partial charge in [-0.3, -0.25) is 0 Å². The predicted molar refractivity (Wildman–Crippen MR) is 76.4 cm³/mol. The van der Waals surface area contributed by atoms with Crippen molar-refractivity contribution in [2.75, 3.05) is 0 Å². The number of rotatable bonds is 2. The van der Waals surface area contributed by atoms with Crippen LogP contribution in [0.5, 0.6) is 0 Å². The van der Waals surface area contributed by atoms with Crippen LogP contribution < -0.4 is 5.73 Å². The van der Waals surface area contributed by atoms with Gasteiger partial charge in [0.15, 0.2) is 5.82 Å². The molecule has 2 N–H and O–H groups in total. The van der Waals surface area contributed by atoms with Gasteiger partial charge < -0.3 is 14.9 Å². The molecule has 106 valence electrons. The number of hydrogen-bond donors (Lipinski definition) is 1. The van der Waals surface area contributed by atoms with Crippen LogP contribution >= 0.6 is 0 Å². The highest BCUT2D eigenvalue weighted by Crippen LogP contribution is 2.29. The Labute approximate surface area is 118 Å². The number of aryl methyl sites for hydroxylation is 2. The summed E-state index contributed by atoms with van der Waals surface area (Å²) in [4.78, 5) is 0. The number of nitrogens with two attached hydrogens (primary N) is 1. The van der Waals surface area contributed by atoms with Gasteiger partial charge >= 0.3 is 0 Å². The molecule has 5 heteroatoms. The molecule has 5 nitrogen and oxygen atoms in total. The molecule has 0 saturated carbocycles. The zero-order valence-corrected chi connectivity index (χ0v) is 11.8. The van der Waals surface area contributed by atoms with Gasteiger partial charge in [0.2, 0.25) is 0 Å². The highest BCUT2D eigenvalue weighted by Gasteiger charge is 2.20. The quantitative estimate of drug-likeness (QED) is 0.906. The molecule has 0 spiro atoms. The Hall–Kier alpha value is -1.62. The molecule has 0 radical (unpaired) electrons. The van der Waals surface area contributed by atoms with Gasteiger partial charge in [-0.1, -0.05) is 0 Å². The van der Waals surface area contributed by atoms with Crippen LogP contribution in [-0.2, 0) is 25.9 Å². The minimum Gasteiger partial charge on any atom is -0.346 e. The Morgan fingerprint density at radius 1 is 1.15 bits per heavy atom. The second kappa shape index (κ2) is 4.74. The summed E-state index contributed by atoms with van der Waals surface area (Å²) in [6, 6.07) is 0.215. The molecule has 2 aromatic heterocycles. The molecular weight excluding hydrogens is 250 g/mol. The average molecular weight is 271 g/mol. The van der Waals surface area contributed by atoms with Crippen molar-refractivity contribution in [3.05, 3.63) is 35.2 Å². The van der Waals surface area contributed by atoms with Crippen LogP contribution in [0.1, 0.15) is 54.5 Å². The second-order valence-electron chi connectivity index (χ2n) is 6.05. The molecule has 0 amide bonds. The van der Waals surface area contributed by atoms with Gasteiger partial charge in [0.05, 0.1) is 6.54 Å². The maximum absolute atomic E-state index is 6.20. The number of nitrogens with zero attached hydrogens (tertiary/aromatic N) is 4. The first-order chi connectivity index (χ1) is 9.81. The van der Waals surface area contributed by atoms with Crippen LogP contribution in [0.3, 0.4) is 0 Å². The molecule has 0 bridgehead atoms. The Morgan fingerprint density at radius 2 is 2.10 bits per heavy atom. The lowest BCUT2D eigenvalue weighted by atomic mass is 9.92. The van der Waals surface area contributed by atoms with E-state index in [1.807, 2.05) is 0 Å². The molecule has 1 unspecified atom stereocenters. The van der Waals surface area contributed by atoms with Gasteiger partial charge in [-0.2, -0.15) is 0 Å². The summed E-state index contributed by atoms with van der Waals surface area (Å²) in [5.74, 6) is 2.24. The van der Waals surface area contributed by atoms with Crippen molar-refractivity contribution in [2.45, 2.75) is 57.7 Å². The Bertz CT molecular complexity index is 624. The Kier molecular flexibility index (Phi) is 2.88. The summed E-state index contributed by atoms with van der Waals surface area (Å²) in [7, 11) is 0. The smallest absolute Gasteiger partial charge is 0.152 e. The average Bonchev–Trinajstić information content (AvgIpc) is 3.05. The first-order valence-corrected chi connectivity index (χ1v) is 7.66. The van der Waals surface area contributed by atoms with Crippen molar-refractivity contribution in [3.8, 4) is 0 Å². The summed E-state index contributed by atoms with van der Waals surface area (Å²) in [6.45, 7) is 1.88. The number of hydrogen-bond acceptors (Lipinski definition) is 3. The maximum Gasteiger partial charge on any atom is 0.152 e. The standard InChI is InChI=1S/C15H21N5/c16-13-5-3-4-11-8-19(9-12(11)13)10-15-18-17-14-6-1-2-7-20(14)15/h8-9,13H,1-7,10,16H2. The Morgan fingerprint density at radius 3 is 3.00 bits per heavy atom. The van der Waals surface area contributed by atoms with E-state index in [-0.39, 0.29) is 6.04 Å². The third-order valence-corrected chi connectivity index (χ3v) is 4.62. The minimum absolute atomic E-state index is 0.215. The molecule has 4 rings (SSSR count). The van der Waals surface area contributed by atoms with Crippen LogP contribution in [0, 0.1) is 0 Å². The molecule has 20 heavy (non-hydrogen) atoms. The molecule has 1 aliphatic heterocycles. The van der Waals surface area contributed by atoms with E-state index in [4.69, 9.17) is 5.73 Å². The van der Waals surface area contributed by atoms with E-state index >= 15 is 0 Å². The topological polar surface area (TPSA) is 61.7 Å². The largest absolute Gasteiger partial charge is 0.346 e. The lowest BCUT2D eigenvalue weighted by Gasteiger charge is -2.17. The summed E-state index contributed by atoms with van der Waals surface area (Å²) in [5.41, 5.74) is 8.94. The van der Waals surface area contributed by atoms with E-state index in [2.05, 4.69) is 31.7 Å². The normalized spacial score (nSPS) is 21.6. The van der Waals surface area contributed by atoms with E-state index in [0.717, 1.165) is 44.0 Å². The fourth-order valence-corrected chi connectivity index (χ4v) is 3.52. The van der Waals surface area contributed by atoms with Crippen LogP contribution in [0.2, 0.25) is 0 Å². The van der Waals surface area contributed by atoms with Crippen LogP contribution in [0.15, 0.2) is 12.4 Å². The molecule has 1 atom stereocenters. The molecular formula is C15H21N5. The highest BCUT2D eigenvalue weighted by molar-refractivity contribution is 5.30. The zero-order chi connectivity index (χ0) is 13.5. The van der Waals surface area contributed by atoms with Gasteiger partial charge in [-0.15, -0.1) is 10.2 Å². The van der Waals surface area contributed by atoms with Crippen LogP contribution in [-0.4, -0.2) is 19.3 Å². The molecule has 1 aliphatic carbocycles. The minimum atomic E-state index is 0.215. The van der Waals surface area contributed by atoms with Crippen molar-refractivity contribution in [2.24, 2.45) is 5.73 Å². The van der Waals surface area contributed by atoms with Gasteiger partial charge in [0.1, 0.15) is 5.82 Å². The first-order valence-electron chi connectivity index (χ1n) is 7.66. The van der Waals surface area contributed by atoms with E-state index in [1.165, 1.54) is 30.4 Å². The first kappa shape index (κ1) is 12.1. The van der Waals surface area contributed by atoms with Gasteiger partial charge in [-0.25, -0.2) is 0 Å². The van der Waals surface area contributed by atoms with E-state index in [1.54, 1.807) is 0 Å². The monoisotopic (exact) mass is 271 g/mol. The summed E-state index contributed by atoms with van der Waals surface area (Å²) < 4.78 is 4.53. The number of fused-ring (bicyclic) bond motifs is 2. The van der Waals surface area contributed by atoms with Crippen molar-refractivity contribution >= 4 is 0 Å². The van der Waals surface area contributed by atoms with Crippen molar-refractivity contribution < 1.29 is 0 Å². The molecule has 0 fully saturated rings. The second-order valence-corrected chi connectivity index (χ2v) is 6.05. The summed E-state index contributed by atoms with van der Waals surface area (Å²) >= 11 is 0. The van der Waals surface area contributed by atoms with Crippen molar-refractivity contribution in [3.63, 3.8) is 0 Å². The van der Waals surface area contributed by atoms with E-state index in [9.17, 15) is 0 Å². The third-order valence-electron chi connectivity index (χ3n) is 4.62. The maximum atomic E-state index is 6.20. The van der Waals surface area contributed by atoms with Crippen molar-refractivity contribution in [1.82, 2.24) is 19.3 Å². The molecule has 0 saturated heterocycles. The van der Waals surface area contributed by atoms with Gasteiger partial charge in [0, 0.05) is 31.4 Å². The highest BCUT2D eigenvalue weighted by atomic mass is 15.3. The lowest BCUT2D eigenvalue weighted by Crippen LogP contribution is -2.15. The van der Waals surface area contributed by atoms with Crippen molar-refractivity contribution in [1.29, 1.82) is 0 Å². The van der Waals surface area contributed by atoms with Gasteiger partial charge in [0.25, 0.3) is 0 Å². The molecule has 0 aromatic carbocycles. The molecule has 3 heterocycles. The fraction of sp³-hybridized carbons (Fsp3) is 0.600. The van der Waals surface area contributed by atoms with Crippen LogP contribution in [0.25, 0.3) is 0 Å². The van der Waals surface area contributed by atoms with E-state index in [0.29, 0.717) is 0 Å². The summed E-state index contributed by atoms with van der Waals surface area (Å²) in [6.07, 6.45) is 11.5. The summed E-state index contributed by atoms with van der Waals surface area (Å²) in [5, 5.41) is 8.70. The molecule has 2 aromatic rings. The predicted octanol–water partition coefficient (Wildman–Crippen LogP) is 1.80. The van der Waals surface area contributed by atoms with Crippen LogP contribution in [0.4, 0.5) is 0 Å². The number of aromatic nitrogens is 4. The zero-order valence-electron chi connectivity index (χ0n) is 11.8. The fourth-order valence-electron chi connectivity index (χ4n) is 3.52. The van der Waals surface area contributed by atoms with E-state index < -0.39 is 0 Å². The third kappa shape index (κ3) is 1.97. The Balaban J connectivity index is 1.62. The lowest BCUT2D eigenvalue weighted by molar-refractivity contribution is 0.501. The molecule has 2 aliphatic rings.